The molecule has 0 aliphatic heterocycles. The number of unbranched alkanes of at least 4 members (excludes halogenated alkanes) is 1. The molecule has 0 unspecified atom stereocenters. The number of hydrogen-bond acceptors (Lipinski definition) is 6. The van der Waals surface area contributed by atoms with Crippen molar-refractivity contribution in [1.29, 1.82) is 0 Å². The second kappa shape index (κ2) is 9.08. The van der Waals surface area contributed by atoms with Gasteiger partial charge in [0.1, 0.15) is 23.5 Å². The molecule has 0 atom stereocenters. The van der Waals surface area contributed by atoms with Crippen molar-refractivity contribution in [3.05, 3.63) is 59.9 Å². The Morgan fingerprint density at radius 1 is 0.964 bits per heavy atom. The zero-order chi connectivity index (χ0) is 19.9. The largest absolute Gasteiger partial charge is 0.494 e. The van der Waals surface area contributed by atoms with E-state index in [0.29, 0.717) is 23.1 Å². The second-order valence-corrected chi connectivity index (χ2v) is 6.64. The van der Waals surface area contributed by atoms with Crippen LogP contribution in [0.25, 0.3) is 0 Å². The lowest BCUT2D eigenvalue weighted by atomic mass is 10.1. The van der Waals surface area contributed by atoms with Gasteiger partial charge in [-0.05, 0) is 67.8 Å². The van der Waals surface area contributed by atoms with E-state index in [1.165, 1.54) is 11.9 Å². The molecule has 28 heavy (non-hydrogen) atoms. The predicted molar refractivity (Wildman–Crippen MR) is 113 cm³/mol. The molecule has 0 fully saturated rings. The molecule has 3 rings (SSSR count). The number of hydrogen-bond donors (Lipinski definition) is 2. The Kier molecular flexibility index (Phi) is 6.32. The highest BCUT2D eigenvalue weighted by Crippen LogP contribution is 2.31. The Balaban J connectivity index is 1.71. The number of nitrogens with two attached hydrogens (primary N) is 1. The number of aryl methyl sites for hydroxylation is 2. The molecule has 0 aliphatic carbocycles. The average molecular weight is 378 g/mol. The fraction of sp³-hybridized carbons (Fsp3) is 0.273. The first-order valence-corrected chi connectivity index (χ1v) is 9.42. The molecular formula is C22H26N4O2. The van der Waals surface area contributed by atoms with Gasteiger partial charge >= 0.3 is 0 Å². The zero-order valence-corrected chi connectivity index (χ0v) is 16.5. The van der Waals surface area contributed by atoms with Crippen LogP contribution in [-0.2, 0) is 0 Å². The Labute approximate surface area is 165 Å². The number of anilines is 3. The minimum atomic E-state index is 0.320. The molecule has 1 aromatic heterocycles. The van der Waals surface area contributed by atoms with E-state index in [9.17, 15) is 0 Å². The molecule has 0 aliphatic rings. The van der Waals surface area contributed by atoms with Crippen molar-refractivity contribution in [3.63, 3.8) is 0 Å². The summed E-state index contributed by atoms with van der Waals surface area (Å²) in [4.78, 5) is 8.40. The molecule has 3 aromatic rings. The van der Waals surface area contributed by atoms with E-state index < -0.39 is 0 Å². The van der Waals surface area contributed by atoms with Gasteiger partial charge in [-0.15, -0.1) is 0 Å². The van der Waals surface area contributed by atoms with E-state index in [2.05, 4.69) is 29.1 Å². The molecule has 6 nitrogen and oxygen atoms in total. The molecule has 0 amide bonds. The molecule has 0 saturated carbocycles. The van der Waals surface area contributed by atoms with Crippen molar-refractivity contribution in [2.45, 2.75) is 33.6 Å². The Morgan fingerprint density at radius 2 is 1.71 bits per heavy atom. The van der Waals surface area contributed by atoms with Crippen LogP contribution in [0.2, 0.25) is 0 Å². The lowest BCUT2D eigenvalue weighted by Crippen LogP contribution is -2.03. The highest BCUT2D eigenvalue weighted by Gasteiger charge is 2.11. The van der Waals surface area contributed by atoms with Crippen LogP contribution in [0.5, 0.6) is 17.4 Å². The Hall–Kier alpha value is -3.28. The van der Waals surface area contributed by atoms with E-state index in [-0.39, 0.29) is 0 Å². The van der Waals surface area contributed by atoms with Crippen molar-refractivity contribution in [2.24, 2.45) is 0 Å². The lowest BCUT2D eigenvalue weighted by Gasteiger charge is -2.13. The minimum Gasteiger partial charge on any atom is -0.494 e. The summed E-state index contributed by atoms with van der Waals surface area (Å²) in [7, 11) is 0. The van der Waals surface area contributed by atoms with Gasteiger partial charge < -0.3 is 20.5 Å². The molecular weight excluding hydrogens is 352 g/mol. The normalized spacial score (nSPS) is 10.5. The third-order valence-corrected chi connectivity index (χ3v) is 4.42. The second-order valence-electron chi connectivity index (χ2n) is 6.64. The third kappa shape index (κ3) is 4.91. The third-order valence-electron chi connectivity index (χ3n) is 4.42. The summed E-state index contributed by atoms with van der Waals surface area (Å²) >= 11 is 0. The van der Waals surface area contributed by atoms with Crippen LogP contribution in [0.1, 0.15) is 30.9 Å². The Bertz CT molecular complexity index is 926. The molecule has 3 N–H and O–H groups in total. The fourth-order valence-electron chi connectivity index (χ4n) is 2.55. The highest BCUT2D eigenvalue weighted by molar-refractivity contribution is 5.72. The van der Waals surface area contributed by atoms with E-state index in [1.807, 2.05) is 49.4 Å². The molecule has 146 valence electrons. The minimum absolute atomic E-state index is 0.320. The smallest absolute Gasteiger partial charge is 0.248 e. The molecule has 0 radical (unpaired) electrons. The topological polar surface area (TPSA) is 82.3 Å². The molecule has 0 bridgehead atoms. The molecule has 6 heteroatoms. The van der Waals surface area contributed by atoms with Gasteiger partial charge in [-0.2, -0.15) is 4.98 Å². The summed E-state index contributed by atoms with van der Waals surface area (Å²) < 4.78 is 11.5. The van der Waals surface area contributed by atoms with E-state index in [1.54, 1.807) is 0 Å². The molecule has 0 saturated heterocycles. The van der Waals surface area contributed by atoms with Crippen LogP contribution in [0.3, 0.4) is 0 Å². The van der Waals surface area contributed by atoms with Crippen molar-refractivity contribution < 1.29 is 9.47 Å². The number of nitrogen functional groups attached to an aromatic ring is 1. The first-order valence-electron chi connectivity index (χ1n) is 9.42. The first-order chi connectivity index (χ1) is 13.6. The number of rotatable bonds is 8. The summed E-state index contributed by atoms with van der Waals surface area (Å²) in [6.07, 6.45) is 3.58. The maximum Gasteiger partial charge on any atom is 0.248 e. The SMILES string of the molecule is CCCCOc1ccc(Nc2ncnc(Oc3ccc(C)c(C)c3)c2N)cc1. The van der Waals surface area contributed by atoms with Crippen LogP contribution < -0.4 is 20.5 Å². The van der Waals surface area contributed by atoms with Crippen molar-refractivity contribution in [2.75, 3.05) is 17.7 Å². The van der Waals surface area contributed by atoms with Crippen LogP contribution in [0, 0.1) is 13.8 Å². The summed E-state index contributed by atoms with van der Waals surface area (Å²) in [5, 5.41) is 3.20. The number of ether oxygens (including phenoxy) is 2. The number of benzene rings is 2. The summed E-state index contributed by atoms with van der Waals surface area (Å²) in [6.45, 7) is 6.95. The number of nitrogens with one attached hydrogen (secondary N) is 1. The Morgan fingerprint density at radius 3 is 2.43 bits per heavy atom. The van der Waals surface area contributed by atoms with Crippen LogP contribution in [0.4, 0.5) is 17.2 Å². The standard InChI is InChI=1S/C22H26N4O2/c1-4-5-12-27-18-10-7-17(8-11-18)26-21-20(23)22(25-14-24-21)28-19-9-6-15(2)16(3)13-19/h6-11,13-14H,4-5,12,23H2,1-3H3,(H,24,25,26). The van der Waals surface area contributed by atoms with Crippen LogP contribution in [-0.4, -0.2) is 16.6 Å². The van der Waals surface area contributed by atoms with E-state index in [4.69, 9.17) is 15.2 Å². The van der Waals surface area contributed by atoms with Gasteiger partial charge in [0.05, 0.1) is 6.61 Å². The van der Waals surface area contributed by atoms with Gasteiger partial charge in [-0.25, -0.2) is 4.98 Å². The monoisotopic (exact) mass is 378 g/mol. The quantitative estimate of drug-likeness (QED) is 0.511. The maximum atomic E-state index is 6.22. The van der Waals surface area contributed by atoms with E-state index >= 15 is 0 Å². The van der Waals surface area contributed by atoms with Crippen LogP contribution in [0.15, 0.2) is 48.8 Å². The van der Waals surface area contributed by atoms with Gasteiger partial charge in [0.15, 0.2) is 5.82 Å². The van der Waals surface area contributed by atoms with Gasteiger partial charge in [0.2, 0.25) is 5.88 Å². The van der Waals surface area contributed by atoms with E-state index in [0.717, 1.165) is 36.4 Å². The van der Waals surface area contributed by atoms with Gasteiger partial charge in [-0.1, -0.05) is 19.4 Å². The average Bonchev–Trinajstić information content (AvgIpc) is 2.69. The number of nitrogens with zero attached hydrogens (tertiary/aromatic N) is 2. The van der Waals surface area contributed by atoms with Crippen molar-refractivity contribution in [3.8, 4) is 17.4 Å². The van der Waals surface area contributed by atoms with Gasteiger partial charge in [-0.3, -0.25) is 0 Å². The van der Waals surface area contributed by atoms with Gasteiger partial charge in [0, 0.05) is 5.69 Å². The lowest BCUT2D eigenvalue weighted by molar-refractivity contribution is 0.309. The zero-order valence-electron chi connectivity index (χ0n) is 16.5. The summed E-state index contributed by atoms with van der Waals surface area (Å²) in [5.41, 5.74) is 9.77. The first kappa shape index (κ1) is 19.5. The van der Waals surface area contributed by atoms with Crippen molar-refractivity contribution in [1.82, 2.24) is 9.97 Å². The summed E-state index contributed by atoms with van der Waals surface area (Å²) in [5.74, 6) is 2.34. The predicted octanol–water partition coefficient (Wildman–Crippen LogP) is 5.39. The maximum absolute atomic E-state index is 6.22. The van der Waals surface area contributed by atoms with Gasteiger partial charge in [0.25, 0.3) is 0 Å². The summed E-state index contributed by atoms with van der Waals surface area (Å²) in [6, 6.07) is 13.5. The van der Waals surface area contributed by atoms with Crippen molar-refractivity contribution >= 4 is 17.2 Å². The van der Waals surface area contributed by atoms with Crippen LogP contribution >= 0.6 is 0 Å². The molecule has 2 aromatic carbocycles. The molecule has 1 heterocycles. The fourth-order valence-corrected chi connectivity index (χ4v) is 2.55. The molecule has 0 spiro atoms. The highest BCUT2D eigenvalue weighted by atomic mass is 16.5. The number of aromatic nitrogens is 2.